The molecule has 0 saturated carbocycles. The monoisotopic (exact) mass is 269 g/mol. The van der Waals surface area contributed by atoms with Crippen LogP contribution in [0.5, 0.6) is 11.5 Å². The van der Waals surface area contributed by atoms with Gasteiger partial charge in [0.15, 0.2) is 11.5 Å². The SMILES string of the molecule is CC1(C)Cc2cccc(OCc3cccc(N)c3)c2O1. The standard InChI is InChI=1S/C17H19NO2/c1-17(2)10-13-6-4-8-15(16(13)20-17)19-11-12-5-3-7-14(18)9-12/h3-9H,10-11,18H2,1-2H3. The third-order valence-electron chi connectivity index (χ3n) is 3.40. The number of para-hydroxylation sites is 1. The summed E-state index contributed by atoms with van der Waals surface area (Å²) in [4.78, 5) is 0. The molecule has 3 rings (SSSR count). The van der Waals surface area contributed by atoms with Crippen LogP contribution < -0.4 is 15.2 Å². The van der Waals surface area contributed by atoms with E-state index in [4.69, 9.17) is 15.2 Å². The van der Waals surface area contributed by atoms with Crippen LogP contribution in [0.2, 0.25) is 0 Å². The Hall–Kier alpha value is -2.16. The van der Waals surface area contributed by atoms with E-state index in [-0.39, 0.29) is 5.60 Å². The van der Waals surface area contributed by atoms with Gasteiger partial charge >= 0.3 is 0 Å². The zero-order valence-corrected chi connectivity index (χ0v) is 11.8. The molecule has 1 aliphatic rings. The molecule has 0 atom stereocenters. The van der Waals surface area contributed by atoms with Crippen molar-refractivity contribution in [1.82, 2.24) is 0 Å². The summed E-state index contributed by atoms with van der Waals surface area (Å²) in [5, 5.41) is 0. The van der Waals surface area contributed by atoms with Crippen molar-refractivity contribution in [1.29, 1.82) is 0 Å². The molecule has 0 aliphatic carbocycles. The Labute approximate surface area is 119 Å². The Morgan fingerprint density at radius 3 is 2.80 bits per heavy atom. The Morgan fingerprint density at radius 1 is 1.20 bits per heavy atom. The first kappa shape index (κ1) is 12.9. The lowest BCUT2D eigenvalue weighted by molar-refractivity contribution is 0.131. The predicted molar refractivity (Wildman–Crippen MR) is 80.0 cm³/mol. The third kappa shape index (κ3) is 2.57. The summed E-state index contributed by atoms with van der Waals surface area (Å²) < 4.78 is 11.9. The molecule has 2 N–H and O–H groups in total. The van der Waals surface area contributed by atoms with Gasteiger partial charge in [-0.15, -0.1) is 0 Å². The van der Waals surface area contributed by atoms with Gasteiger partial charge in [0.1, 0.15) is 12.2 Å². The highest BCUT2D eigenvalue weighted by Gasteiger charge is 2.32. The summed E-state index contributed by atoms with van der Waals surface area (Å²) in [7, 11) is 0. The van der Waals surface area contributed by atoms with E-state index in [0.717, 1.165) is 29.2 Å². The van der Waals surface area contributed by atoms with Crippen LogP contribution in [0, 0.1) is 0 Å². The van der Waals surface area contributed by atoms with Crippen LogP contribution in [0.15, 0.2) is 42.5 Å². The minimum atomic E-state index is -0.154. The maximum Gasteiger partial charge on any atom is 0.165 e. The highest BCUT2D eigenvalue weighted by Crippen LogP contribution is 2.41. The fraction of sp³-hybridized carbons (Fsp3) is 0.294. The smallest absolute Gasteiger partial charge is 0.165 e. The molecule has 2 aromatic carbocycles. The van der Waals surface area contributed by atoms with Crippen molar-refractivity contribution in [3.63, 3.8) is 0 Å². The second-order valence-corrected chi connectivity index (χ2v) is 5.82. The van der Waals surface area contributed by atoms with E-state index in [0.29, 0.717) is 6.61 Å². The van der Waals surface area contributed by atoms with E-state index in [9.17, 15) is 0 Å². The van der Waals surface area contributed by atoms with Gasteiger partial charge in [-0.25, -0.2) is 0 Å². The van der Waals surface area contributed by atoms with Crippen molar-refractivity contribution in [2.24, 2.45) is 0 Å². The molecule has 3 nitrogen and oxygen atoms in total. The Balaban J connectivity index is 1.78. The fourth-order valence-electron chi connectivity index (χ4n) is 2.55. The summed E-state index contributed by atoms with van der Waals surface area (Å²) in [5.41, 5.74) is 8.63. The summed E-state index contributed by atoms with van der Waals surface area (Å²) >= 11 is 0. The van der Waals surface area contributed by atoms with E-state index in [1.54, 1.807) is 0 Å². The van der Waals surface area contributed by atoms with Gasteiger partial charge in [0, 0.05) is 17.7 Å². The maximum atomic E-state index is 5.99. The summed E-state index contributed by atoms with van der Waals surface area (Å²) in [6.07, 6.45) is 0.915. The lowest BCUT2D eigenvalue weighted by Crippen LogP contribution is -2.24. The number of benzene rings is 2. The molecule has 0 unspecified atom stereocenters. The van der Waals surface area contributed by atoms with Gasteiger partial charge < -0.3 is 15.2 Å². The van der Waals surface area contributed by atoms with Crippen molar-refractivity contribution in [3.05, 3.63) is 53.6 Å². The van der Waals surface area contributed by atoms with Gasteiger partial charge in [-0.3, -0.25) is 0 Å². The van der Waals surface area contributed by atoms with Crippen LogP contribution in [-0.2, 0) is 13.0 Å². The molecule has 1 aliphatic heterocycles. The van der Waals surface area contributed by atoms with Crippen LogP contribution in [0.1, 0.15) is 25.0 Å². The molecule has 0 bridgehead atoms. The second kappa shape index (κ2) is 4.75. The average Bonchev–Trinajstić information content (AvgIpc) is 2.71. The Morgan fingerprint density at radius 2 is 2.00 bits per heavy atom. The Kier molecular flexibility index (Phi) is 3.05. The minimum absolute atomic E-state index is 0.154. The van der Waals surface area contributed by atoms with Crippen LogP contribution in [-0.4, -0.2) is 5.60 Å². The fourth-order valence-corrected chi connectivity index (χ4v) is 2.55. The van der Waals surface area contributed by atoms with Crippen molar-refractivity contribution in [3.8, 4) is 11.5 Å². The van der Waals surface area contributed by atoms with Gasteiger partial charge in [-0.1, -0.05) is 24.3 Å². The molecule has 0 fully saturated rings. The number of ether oxygens (including phenoxy) is 2. The lowest BCUT2D eigenvalue weighted by Gasteiger charge is -2.18. The second-order valence-electron chi connectivity index (χ2n) is 5.82. The van der Waals surface area contributed by atoms with E-state index < -0.39 is 0 Å². The number of rotatable bonds is 3. The lowest BCUT2D eigenvalue weighted by atomic mass is 10.0. The summed E-state index contributed by atoms with van der Waals surface area (Å²) in [6, 6.07) is 13.8. The molecule has 1 heterocycles. The zero-order valence-electron chi connectivity index (χ0n) is 11.8. The largest absolute Gasteiger partial charge is 0.485 e. The van der Waals surface area contributed by atoms with E-state index >= 15 is 0 Å². The number of fused-ring (bicyclic) bond motifs is 1. The van der Waals surface area contributed by atoms with Crippen LogP contribution in [0.25, 0.3) is 0 Å². The molecule has 20 heavy (non-hydrogen) atoms. The molecule has 104 valence electrons. The van der Waals surface area contributed by atoms with Crippen molar-refractivity contribution in [2.45, 2.75) is 32.5 Å². The first-order valence-electron chi connectivity index (χ1n) is 6.82. The molecular formula is C17H19NO2. The normalized spacial score (nSPS) is 15.5. The van der Waals surface area contributed by atoms with Gasteiger partial charge in [0.05, 0.1) is 0 Å². The highest BCUT2D eigenvalue weighted by atomic mass is 16.5. The van der Waals surface area contributed by atoms with Gasteiger partial charge in [0.2, 0.25) is 0 Å². The molecule has 0 aromatic heterocycles. The Bertz CT molecular complexity index is 635. The molecule has 2 aromatic rings. The summed E-state index contributed by atoms with van der Waals surface area (Å²) in [5.74, 6) is 1.68. The molecule has 0 saturated heterocycles. The predicted octanol–water partition coefficient (Wildman–Crippen LogP) is 3.56. The van der Waals surface area contributed by atoms with E-state index in [1.165, 1.54) is 5.56 Å². The number of hydrogen-bond donors (Lipinski definition) is 1. The minimum Gasteiger partial charge on any atom is -0.485 e. The average molecular weight is 269 g/mol. The van der Waals surface area contributed by atoms with Crippen LogP contribution >= 0.6 is 0 Å². The molecular weight excluding hydrogens is 250 g/mol. The topological polar surface area (TPSA) is 44.5 Å². The van der Waals surface area contributed by atoms with Gasteiger partial charge in [-0.05, 0) is 37.6 Å². The number of nitrogens with two attached hydrogens (primary N) is 1. The van der Waals surface area contributed by atoms with Crippen LogP contribution in [0.4, 0.5) is 5.69 Å². The zero-order chi connectivity index (χ0) is 14.2. The van der Waals surface area contributed by atoms with Crippen molar-refractivity contribution in [2.75, 3.05) is 5.73 Å². The van der Waals surface area contributed by atoms with E-state index in [1.807, 2.05) is 36.4 Å². The number of hydrogen-bond acceptors (Lipinski definition) is 3. The van der Waals surface area contributed by atoms with Gasteiger partial charge in [-0.2, -0.15) is 0 Å². The van der Waals surface area contributed by atoms with E-state index in [2.05, 4.69) is 19.9 Å². The first-order valence-corrected chi connectivity index (χ1v) is 6.82. The molecule has 0 amide bonds. The highest BCUT2D eigenvalue weighted by molar-refractivity contribution is 5.50. The van der Waals surface area contributed by atoms with Gasteiger partial charge in [0.25, 0.3) is 0 Å². The number of anilines is 1. The number of nitrogen functional groups attached to an aromatic ring is 1. The van der Waals surface area contributed by atoms with Crippen molar-refractivity contribution < 1.29 is 9.47 Å². The molecule has 3 heteroatoms. The summed E-state index contributed by atoms with van der Waals surface area (Å²) in [6.45, 7) is 4.68. The maximum absolute atomic E-state index is 5.99. The molecule has 0 radical (unpaired) electrons. The quantitative estimate of drug-likeness (QED) is 0.866. The van der Waals surface area contributed by atoms with Crippen LogP contribution in [0.3, 0.4) is 0 Å². The third-order valence-corrected chi connectivity index (χ3v) is 3.40. The van der Waals surface area contributed by atoms with Crippen molar-refractivity contribution >= 4 is 5.69 Å². The first-order chi connectivity index (χ1) is 9.53. The molecule has 0 spiro atoms.